The summed E-state index contributed by atoms with van der Waals surface area (Å²) in [6, 6.07) is 10.2. The number of nitrogens with zero attached hydrogens (tertiary/aromatic N) is 1. The first-order valence-corrected chi connectivity index (χ1v) is 8.28. The van der Waals surface area contributed by atoms with Crippen molar-refractivity contribution in [3.63, 3.8) is 0 Å². The van der Waals surface area contributed by atoms with Crippen molar-refractivity contribution < 1.29 is 9.18 Å². The Balaban J connectivity index is 0.00000192. The average molecular weight is 355 g/mol. The molecular weight excluding hydrogens is 335 g/mol. The van der Waals surface area contributed by atoms with Gasteiger partial charge in [-0.3, -0.25) is 4.79 Å². The topological polar surface area (TPSA) is 32.3 Å². The molecule has 1 N–H and O–H groups in total. The zero-order valence-corrected chi connectivity index (χ0v) is 14.6. The van der Waals surface area contributed by atoms with Gasteiger partial charge in [-0.2, -0.15) is 0 Å². The van der Waals surface area contributed by atoms with Gasteiger partial charge in [0.05, 0.1) is 4.88 Å². The van der Waals surface area contributed by atoms with Crippen LogP contribution in [0.5, 0.6) is 0 Å². The minimum absolute atomic E-state index is 0. The average Bonchev–Trinajstić information content (AvgIpc) is 3.17. The van der Waals surface area contributed by atoms with Crippen LogP contribution in [-0.2, 0) is 0 Å². The molecule has 1 aliphatic rings. The van der Waals surface area contributed by atoms with E-state index in [1.165, 1.54) is 23.5 Å². The predicted octanol–water partition coefficient (Wildman–Crippen LogP) is 3.66. The Bertz CT molecular complexity index is 659. The highest BCUT2D eigenvalue weighted by Crippen LogP contribution is 2.30. The molecule has 23 heavy (non-hydrogen) atoms. The summed E-state index contributed by atoms with van der Waals surface area (Å²) in [5.74, 6) is 0.409. The molecule has 2 aromatic rings. The first kappa shape index (κ1) is 17.9. The summed E-state index contributed by atoms with van der Waals surface area (Å²) in [4.78, 5) is 16.2. The van der Waals surface area contributed by atoms with Crippen LogP contribution in [0.25, 0.3) is 10.4 Å². The quantitative estimate of drug-likeness (QED) is 0.908. The molecule has 1 aliphatic heterocycles. The van der Waals surface area contributed by atoms with Crippen LogP contribution in [0, 0.1) is 11.7 Å². The third-order valence-electron chi connectivity index (χ3n) is 4.01. The number of rotatable bonds is 4. The fraction of sp³-hybridized carbons (Fsp3) is 0.353. The lowest BCUT2D eigenvalue weighted by molar-refractivity contribution is 0.0792. The Morgan fingerprint density at radius 2 is 2.04 bits per heavy atom. The van der Waals surface area contributed by atoms with Crippen LogP contribution in [0.1, 0.15) is 16.1 Å². The Hall–Kier alpha value is -1.43. The zero-order chi connectivity index (χ0) is 15.5. The van der Waals surface area contributed by atoms with Crippen LogP contribution < -0.4 is 5.32 Å². The standard InChI is InChI=1S/C17H19FN2OS.ClH/c1-19-10-12-8-9-20(11-12)17(21)16-7-6-15(22-16)13-2-4-14(18)5-3-13;/h2-7,12,19H,8-11H2,1H3;1H. The van der Waals surface area contributed by atoms with Crippen LogP contribution in [0.15, 0.2) is 36.4 Å². The van der Waals surface area contributed by atoms with Crippen LogP contribution in [0.2, 0.25) is 0 Å². The molecule has 6 heteroatoms. The minimum atomic E-state index is -0.246. The Morgan fingerprint density at radius 1 is 1.30 bits per heavy atom. The van der Waals surface area contributed by atoms with E-state index in [4.69, 9.17) is 0 Å². The maximum atomic E-state index is 13.0. The van der Waals surface area contributed by atoms with Crippen LogP contribution in [0.4, 0.5) is 4.39 Å². The number of carbonyl (C=O) groups excluding carboxylic acids is 1. The van der Waals surface area contributed by atoms with E-state index < -0.39 is 0 Å². The Morgan fingerprint density at radius 3 is 2.74 bits per heavy atom. The molecule has 0 saturated carbocycles. The summed E-state index contributed by atoms with van der Waals surface area (Å²) in [5, 5.41) is 3.17. The second kappa shape index (κ2) is 7.90. The number of thiophene rings is 1. The molecule has 3 nitrogen and oxygen atoms in total. The van der Waals surface area contributed by atoms with E-state index in [1.807, 2.05) is 24.1 Å². The number of nitrogens with one attached hydrogen (secondary N) is 1. The van der Waals surface area contributed by atoms with Gasteiger partial charge in [-0.25, -0.2) is 4.39 Å². The summed E-state index contributed by atoms with van der Waals surface area (Å²) in [6.45, 7) is 2.60. The molecule has 1 atom stereocenters. The number of likely N-dealkylation sites (tertiary alicyclic amines) is 1. The van der Waals surface area contributed by atoms with E-state index in [-0.39, 0.29) is 24.1 Å². The molecule has 1 saturated heterocycles. The molecule has 2 heterocycles. The molecule has 124 valence electrons. The second-order valence-electron chi connectivity index (χ2n) is 5.63. The zero-order valence-electron chi connectivity index (χ0n) is 12.9. The van der Waals surface area contributed by atoms with Crippen molar-refractivity contribution in [3.8, 4) is 10.4 Å². The van der Waals surface area contributed by atoms with Crippen LogP contribution >= 0.6 is 23.7 Å². The molecule has 1 fully saturated rings. The smallest absolute Gasteiger partial charge is 0.263 e. The molecule has 3 rings (SSSR count). The van der Waals surface area contributed by atoms with E-state index in [0.29, 0.717) is 5.92 Å². The van der Waals surface area contributed by atoms with E-state index in [1.54, 1.807) is 12.1 Å². The highest BCUT2D eigenvalue weighted by Gasteiger charge is 2.27. The number of hydrogen-bond acceptors (Lipinski definition) is 3. The van der Waals surface area contributed by atoms with Crippen molar-refractivity contribution in [1.82, 2.24) is 10.2 Å². The van der Waals surface area contributed by atoms with E-state index >= 15 is 0 Å². The number of amides is 1. The molecule has 1 unspecified atom stereocenters. The molecule has 1 aromatic carbocycles. The van der Waals surface area contributed by atoms with Crippen molar-refractivity contribution in [3.05, 3.63) is 47.1 Å². The largest absolute Gasteiger partial charge is 0.338 e. The lowest BCUT2D eigenvalue weighted by Crippen LogP contribution is -2.29. The third kappa shape index (κ3) is 4.10. The Labute approximate surface area is 145 Å². The molecular formula is C17H20ClFN2OS. The molecule has 0 bridgehead atoms. The van der Waals surface area contributed by atoms with Gasteiger partial charge in [-0.1, -0.05) is 12.1 Å². The van der Waals surface area contributed by atoms with E-state index in [9.17, 15) is 9.18 Å². The first-order chi connectivity index (χ1) is 10.7. The van der Waals surface area contributed by atoms with Gasteiger partial charge in [0.15, 0.2) is 0 Å². The summed E-state index contributed by atoms with van der Waals surface area (Å²) in [5.41, 5.74) is 0.944. The van der Waals surface area contributed by atoms with Gasteiger partial charge >= 0.3 is 0 Å². The molecule has 1 aromatic heterocycles. The number of benzene rings is 1. The first-order valence-electron chi connectivity index (χ1n) is 7.47. The van der Waals surface area contributed by atoms with Gasteiger partial charge in [-0.05, 0) is 55.8 Å². The highest BCUT2D eigenvalue weighted by atomic mass is 35.5. The second-order valence-corrected chi connectivity index (χ2v) is 6.72. The summed E-state index contributed by atoms with van der Waals surface area (Å²) in [7, 11) is 1.94. The lowest BCUT2D eigenvalue weighted by atomic mass is 10.1. The molecule has 1 amide bonds. The van der Waals surface area contributed by atoms with Gasteiger partial charge in [0.1, 0.15) is 5.82 Å². The fourth-order valence-electron chi connectivity index (χ4n) is 2.85. The molecule has 0 spiro atoms. The molecule has 0 radical (unpaired) electrons. The minimum Gasteiger partial charge on any atom is -0.338 e. The van der Waals surface area contributed by atoms with Crippen LogP contribution in [0.3, 0.4) is 0 Å². The third-order valence-corrected chi connectivity index (χ3v) is 5.13. The van der Waals surface area contributed by atoms with Gasteiger partial charge in [0.25, 0.3) is 5.91 Å². The normalized spacial score (nSPS) is 17.1. The SMILES string of the molecule is CNCC1CCN(C(=O)c2ccc(-c3ccc(F)cc3)s2)C1.Cl. The highest BCUT2D eigenvalue weighted by molar-refractivity contribution is 7.17. The summed E-state index contributed by atoms with van der Waals surface area (Å²) in [6.07, 6.45) is 1.06. The van der Waals surface area contributed by atoms with Crippen molar-refractivity contribution in [2.24, 2.45) is 5.92 Å². The van der Waals surface area contributed by atoms with Gasteiger partial charge in [0, 0.05) is 18.0 Å². The van der Waals surface area contributed by atoms with Crippen molar-refractivity contribution >= 4 is 29.7 Å². The predicted molar refractivity (Wildman–Crippen MR) is 94.9 cm³/mol. The lowest BCUT2D eigenvalue weighted by Gasteiger charge is -2.15. The van der Waals surface area contributed by atoms with Gasteiger partial charge < -0.3 is 10.2 Å². The maximum absolute atomic E-state index is 13.0. The van der Waals surface area contributed by atoms with Gasteiger partial charge in [0.2, 0.25) is 0 Å². The van der Waals surface area contributed by atoms with Crippen LogP contribution in [-0.4, -0.2) is 37.5 Å². The number of hydrogen-bond donors (Lipinski definition) is 1. The maximum Gasteiger partial charge on any atom is 0.263 e. The summed E-state index contributed by atoms with van der Waals surface area (Å²) >= 11 is 1.47. The van der Waals surface area contributed by atoms with Crippen molar-refractivity contribution in [2.45, 2.75) is 6.42 Å². The van der Waals surface area contributed by atoms with Crippen molar-refractivity contribution in [2.75, 3.05) is 26.7 Å². The monoisotopic (exact) mass is 354 g/mol. The fourth-order valence-corrected chi connectivity index (χ4v) is 3.83. The Kier molecular flexibility index (Phi) is 6.16. The van der Waals surface area contributed by atoms with Crippen molar-refractivity contribution in [1.29, 1.82) is 0 Å². The molecule has 0 aliphatic carbocycles. The van der Waals surface area contributed by atoms with E-state index in [2.05, 4.69) is 5.32 Å². The van der Waals surface area contributed by atoms with Gasteiger partial charge in [-0.15, -0.1) is 23.7 Å². The number of carbonyl (C=O) groups is 1. The number of halogens is 2. The van der Waals surface area contributed by atoms with E-state index in [0.717, 1.165) is 41.4 Å². The summed E-state index contributed by atoms with van der Waals surface area (Å²) < 4.78 is 13.0.